The van der Waals surface area contributed by atoms with Gasteiger partial charge in [-0.1, -0.05) is 6.92 Å². The number of hydrogen-bond acceptors (Lipinski definition) is 4. The lowest BCUT2D eigenvalue weighted by atomic mass is 10.3. The van der Waals surface area contributed by atoms with Crippen LogP contribution in [0.3, 0.4) is 0 Å². The van der Waals surface area contributed by atoms with Gasteiger partial charge in [0.2, 0.25) is 5.12 Å². The Kier molecular flexibility index (Phi) is 4.77. The van der Waals surface area contributed by atoms with Crippen LogP contribution in [0.4, 0.5) is 0 Å². The zero-order valence-corrected chi connectivity index (χ0v) is 8.28. The van der Waals surface area contributed by atoms with Crippen LogP contribution in [0.15, 0.2) is 0 Å². The molecule has 0 aromatic heterocycles. The lowest BCUT2D eigenvalue weighted by molar-refractivity contribution is -0.131. The van der Waals surface area contributed by atoms with Crippen LogP contribution in [0.5, 0.6) is 0 Å². The Morgan fingerprint density at radius 3 is 1.90 bits per heavy atom. The summed E-state index contributed by atoms with van der Waals surface area (Å²) in [5.41, 5.74) is 0. The molecule has 0 aliphatic rings. The van der Waals surface area contributed by atoms with E-state index in [-0.39, 0.29) is 5.25 Å². The van der Waals surface area contributed by atoms with Crippen LogP contribution in [0.1, 0.15) is 13.3 Å². The molecule has 0 saturated carbocycles. The first-order valence-electron chi connectivity index (χ1n) is 3.11. The Bertz CT molecular complexity index is 93.7. The summed E-state index contributed by atoms with van der Waals surface area (Å²) in [6.45, 7) is 2.00. The summed E-state index contributed by atoms with van der Waals surface area (Å²) in [5.74, 6) is 0. The minimum absolute atomic E-state index is 0.00849. The van der Waals surface area contributed by atoms with E-state index in [0.29, 0.717) is 0 Å². The van der Waals surface area contributed by atoms with Crippen molar-refractivity contribution in [2.45, 2.75) is 23.7 Å². The van der Waals surface area contributed by atoms with Gasteiger partial charge in [0, 0.05) is 14.2 Å². The molecule has 0 aromatic rings. The van der Waals surface area contributed by atoms with Gasteiger partial charge < -0.3 is 9.47 Å². The van der Waals surface area contributed by atoms with Crippen LogP contribution >= 0.6 is 25.3 Å². The molecule has 0 spiro atoms. The second-order valence-corrected chi connectivity index (χ2v) is 3.21. The van der Waals surface area contributed by atoms with Crippen molar-refractivity contribution in [3.63, 3.8) is 0 Å². The molecule has 62 valence electrons. The predicted molar refractivity (Wildman–Crippen MR) is 48.8 cm³/mol. The molecule has 0 saturated heterocycles. The number of rotatable bonds is 4. The minimum Gasteiger partial charge on any atom is -0.344 e. The number of thiol groups is 2. The van der Waals surface area contributed by atoms with Crippen LogP contribution in [0.2, 0.25) is 0 Å². The standard InChI is InChI=1S/C6H14O2S2/c1-4-5(9)6(10,7-2)8-3/h5,9-10H,4H2,1-3H3. The average Bonchev–Trinajstić information content (AvgIpc) is 2.01. The minimum atomic E-state index is -0.849. The molecular formula is C6H14O2S2. The molecule has 0 heterocycles. The molecular weight excluding hydrogens is 168 g/mol. The molecule has 10 heavy (non-hydrogen) atoms. The number of methoxy groups -OCH3 is 2. The molecule has 0 amide bonds. The highest BCUT2D eigenvalue weighted by atomic mass is 32.1. The lowest BCUT2D eigenvalue weighted by Crippen LogP contribution is -2.36. The number of hydrogen-bond donors (Lipinski definition) is 2. The molecule has 0 aliphatic heterocycles. The second kappa shape index (κ2) is 4.49. The first-order chi connectivity index (χ1) is 4.60. The van der Waals surface area contributed by atoms with Gasteiger partial charge in [0.25, 0.3) is 0 Å². The zero-order chi connectivity index (χ0) is 8.20. The fourth-order valence-electron chi connectivity index (χ4n) is 0.613. The Labute approximate surface area is 73.1 Å². The first-order valence-corrected chi connectivity index (χ1v) is 4.07. The van der Waals surface area contributed by atoms with Crippen LogP contribution in [-0.4, -0.2) is 24.6 Å². The van der Waals surface area contributed by atoms with Gasteiger partial charge in [0.1, 0.15) is 0 Å². The smallest absolute Gasteiger partial charge is 0.226 e. The van der Waals surface area contributed by atoms with Gasteiger partial charge in [0.15, 0.2) is 0 Å². The van der Waals surface area contributed by atoms with Crippen molar-refractivity contribution in [1.29, 1.82) is 0 Å². The van der Waals surface area contributed by atoms with Gasteiger partial charge in [-0.15, -0.1) is 12.6 Å². The molecule has 0 fully saturated rings. The van der Waals surface area contributed by atoms with E-state index >= 15 is 0 Å². The average molecular weight is 182 g/mol. The third-order valence-corrected chi connectivity index (χ3v) is 2.98. The van der Waals surface area contributed by atoms with Crippen molar-refractivity contribution in [1.82, 2.24) is 0 Å². The summed E-state index contributed by atoms with van der Waals surface area (Å²) in [4.78, 5) is 0. The van der Waals surface area contributed by atoms with Crippen molar-refractivity contribution in [2.24, 2.45) is 0 Å². The summed E-state index contributed by atoms with van der Waals surface area (Å²) in [5, 5.41) is -0.858. The van der Waals surface area contributed by atoms with E-state index in [0.717, 1.165) is 6.42 Å². The SMILES string of the molecule is CCC(S)C(S)(OC)OC. The summed E-state index contributed by atoms with van der Waals surface area (Å²) >= 11 is 8.42. The van der Waals surface area contributed by atoms with Crippen LogP contribution < -0.4 is 0 Å². The molecule has 0 rings (SSSR count). The van der Waals surface area contributed by atoms with E-state index in [1.807, 2.05) is 6.92 Å². The van der Waals surface area contributed by atoms with Crippen LogP contribution in [-0.2, 0) is 9.47 Å². The molecule has 0 bridgehead atoms. The molecule has 0 aliphatic carbocycles. The second-order valence-electron chi connectivity index (χ2n) is 1.96. The predicted octanol–water partition coefficient (Wildman–Crippen LogP) is 1.57. The van der Waals surface area contributed by atoms with Crippen molar-refractivity contribution < 1.29 is 9.47 Å². The maximum absolute atomic E-state index is 5.01. The molecule has 0 N–H and O–H groups in total. The molecule has 1 atom stereocenters. The van der Waals surface area contributed by atoms with Crippen molar-refractivity contribution >= 4 is 25.3 Å². The van der Waals surface area contributed by atoms with Gasteiger partial charge in [-0.3, -0.25) is 0 Å². The van der Waals surface area contributed by atoms with Gasteiger partial charge in [-0.2, -0.15) is 12.6 Å². The van der Waals surface area contributed by atoms with Crippen molar-refractivity contribution in [3.8, 4) is 0 Å². The number of ether oxygens (including phenoxy) is 2. The van der Waals surface area contributed by atoms with E-state index in [9.17, 15) is 0 Å². The van der Waals surface area contributed by atoms with Crippen LogP contribution in [0.25, 0.3) is 0 Å². The van der Waals surface area contributed by atoms with Gasteiger partial charge >= 0.3 is 0 Å². The van der Waals surface area contributed by atoms with E-state index in [1.54, 1.807) is 14.2 Å². The molecule has 2 nitrogen and oxygen atoms in total. The highest BCUT2D eigenvalue weighted by Gasteiger charge is 2.31. The zero-order valence-electron chi connectivity index (χ0n) is 6.50. The monoisotopic (exact) mass is 182 g/mol. The Morgan fingerprint density at radius 2 is 1.80 bits per heavy atom. The quantitative estimate of drug-likeness (QED) is 0.508. The topological polar surface area (TPSA) is 18.5 Å². The molecule has 0 aromatic carbocycles. The maximum Gasteiger partial charge on any atom is 0.226 e. The van der Waals surface area contributed by atoms with Gasteiger partial charge in [-0.25, -0.2) is 0 Å². The normalized spacial score (nSPS) is 15.3. The van der Waals surface area contributed by atoms with Gasteiger partial charge in [0.05, 0.1) is 5.25 Å². The Morgan fingerprint density at radius 1 is 1.40 bits per heavy atom. The summed E-state index contributed by atoms with van der Waals surface area (Å²) in [6, 6.07) is 0. The third kappa shape index (κ3) is 2.34. The van der Waals surface area contributed by atoms with E-state index in [2.05, 4.69) is 25.3 Å². The van der Waals surface area contributed by atoms with Crippen molar-refractivity contribution in [2.75, 3.05) is 14.2 Å². The van der Waals surface area contributed by atoms with Gasteiger partial charge in [-0.05, 0) is 6.42 Å². The van der Waals surface area contributed by atoms with Crippen LogP contribution in [0, 0.1) is 0 Å². The lowest BCUT2D eigenvalue weighted by Gasteiger charge is -2.29. The Hall–Kier alpha value is 0.620. The summed E-state index contributed by atoms with van der Waals surface area (Å²) < 4.78 is 10.0. The highest BCUT2D eigenvalue weighted by molar-refractivity contribution is 7.85. The molecule has 1 unspecified atom stereocenters. The van der Waals surface area contributed by atoms with E-state index in [1.165, 1.54) is 0 Å². The fraction of sp³-hybridized carbons (Fsp3) is 1.00. The molecule has 4 heteroatoms. The first kappa shape index (κ1) is 10.6. The van der Waals surface area contributed by atoms with E-state index in [4.69, 9.17) is 9.47 Å². The van der Waals surface area contributed by atoms with E-state index < -0.39 is 5.12 Å². The van der Waals surface area contributed by atoms with Crippen molar-refractivity contribution in [3.05, 3.63) is 0 Å². The summed E-state index contributed by atoms with van der Waals surface area (Å²) in [6.07, 6.45) is 0.855. The fourth-order valence-corrected chi connectivity index (χ4v) is 1.01. The Balaban J connectivity index is 4.02. The molecule has 0 radical (unpaired) electrons. The summed E-state index contributed by atoms with van der Waals surface area (Å²) in [7, 11) is 3.10. The third-order valence-electron chi connectivity index (χ3n) is 1.39. The maximum atomic E-state index is 5.01. The highest BCUT2D eigenvalue weighted by Crippen LogP contribution is 2.27. The largest absolute Gasteiger partial charge is 0.344 e.